The van der Waals surface area contributed by atoms with E-state index in [0.717, 1.165) is 23.4 Å². The molecule has 19 heavy (non-hydrogen) atoms. The van der Waals surface area contributed by atoms with Crippen LogP contribution in [0.15, 0.2) is 10.7 Å². The van der Waals surface area contributed by atoms with Gasteiger partial charge in [0.25, 0.3) is 6.01 Å². The molecule has 4 heteroatoms. The molecule has 4 aliphatic carbocycles. The van der Waals surface area contributed by atoms with Crippen molar-refractivity contribution in [3.8, 4) is 0 Å². The van der Waals surface area contributed by atoms with E-state index < -0.39 is 0 Å². The maximum absolute atomic E-state index is 5.84. The van der Waals surface area contributed by atoms with E-state index in [0.29, 0.717) is 6.01 Å². The number of rotatable bonds is 3. The van der Waals surface area contributed by atoms with E-state index in [2.05, 4.69) is 10.3 Å². The van der Waals surface area contributed by atoms with Crippen LogP contribution < -0.4 is 11.1 Å². The summed E-state index contributed by atoms with van der Waals surface area (Å²) in [5.41, 5.74) is 6.94. The SMILES string of the molecule is CC(N)c1coc(NC23CC4CC(CC(C4)C2)C3)n1. The van der Waals surface area contributed by atoms with Crippen molar-refractivity contribution in [3.63, 3.8) is 0 Å². The molecule has 1 aromatic rings. The lowest BCUT2D eigenvalue weighted by atomic mass is 9.53. The Kier molecular flexibility index (Phi) is 2.47. The topological polar surface area (TPSA) is 64.1 Å². The Hall–Kier alpha value is -1.03. The molecule has 1 atom stereocenters. The second-order valence-electron chi connectivity index (χ2n) is 7.19. The van der Waals surface area contributed by atoms with Gasteiger partial charge in [-0.1, -0.05) is 0 Å². The molecule has 0 spiro atoms. The fraction of sp³-hybridized carbons (Fsp3) is 0.800. The number of anilines is 1. The maximum Gasteiger partial charge on any atom is 0.295 e. The van der Waals surface area contributed by atoms with Crippen LogP contribution in [0, 0.1) is 17.8 Å². The molecular weight excluding hydrogens is 238 g/mol. The van der Waals surface area contributed by atoms with Crippen LogP contribution in [0.4, 0.5) is 6.01 Å². The second kappa shape index (κ2) is 3.98. The molecule has 0 radical (unpaired) electrons. The number of nitrogens with zero attached hydrogens (tertiary/aromatic N) is 1. The Balaban J connectivity index is 1.55. The first-order chi connectivity index (χ1) is 9.12. The molecule has 4 bridgehead atoms. The average Bonchev–Trinajstić information content (AvgIpc) is 2.74. The van der Waals surface area contributed by atoms with Crippen molar-refractivity contribution in [3.05, 3.63) is 12.0 Å². The molecule has 5 rings (SSSR count). The lowest BCUT2D eigenvalue weighted by Gasteiger charge is -2.56. The van der Waals surface area contributed by atoms with Crippen LogP contribution in [0.2, 0.25) is 0 Å². The normalized spacial score (nSPS) is 41.5. The summed E-state index contributed by atoms with van der Waals surface area (Å²) in [7, 11) is 0. The van der Waals surface area contributed by atoms with Gasteiger partial charge in [-0.05, 0) is 63.2 Å². The highest BCUT2D eigenvalue weighted by molar-refractivity contribution is 5.30. The summed E-state index contributed by atoms with van der Waals surface area (Å²) < 4.78 is 5.56. The van der Waals surface area contributed by atoms with Gasteiger partial charge in [0, 0.05) is 11.6 Å². The van der Waals surface area contributed by atoms with Gasteiger partial charge in [-0.15, -0.1) is 0 Å². The number of hydrogen-bond acceptors (Lipinski definition) is 4. The molecule has 0 amide bonds. The molecule has 4 fully saturated rings. The predicted octanol–water partition coefficient (Wildman–Crippen LogP) is 3.08. The minimum atomic E-state index is -0.0596. The summed E-state index contributed by atoms with van der Waals surface area (Å²) in [6.45, 7) is 1.94. The van der Waals surface area contributed by atoms with Crippen molar-refractivity contribution in [2.75, 3.05) is 5.32 Å². The molecule has 1 unspecified atom stereocenters. The summed E-state index contributed by atoms with van der Waals surface area (Å²) in [4.78, 5) is 4.48. The molecular formula is C15H23N3O. The largest absolute Gasteiger partial charge is 0.432 e. The van der Waals surface area contributed by atoms with Crippen molar-refractivity contribution in [2.45, 2.75) is 57.0 Å². The first kappa shape index (κ1) is 11.8. The molecule has 0 aliphatic heterocycles. The number of hydrogen-bond donors (Lipinski definition) is 2. The predicted molar refractivity (Wildman–Crippen MR) is 73.6 cm³/mol. The second-order valence-corrected chi connectivity index (χ2v) is 7.19. The van der Waals surface area contributed by atoms with Crippen LogP contribution in [0.5, 0.6) is 0 Å². The summed E-state index contributed by atoms with van der Waals surface area (Å²) in [6.07, 6.45) is 9.96. The van der Waals surface area contributed by atoms with Crippen molar-refractivity contribution < 1.29 is 4.42 Å². The van der Waals surface area contributed by atoms with Crippen molar-refractivity contribution in [1.29, 1.82) is 0 Å². The Bertz CT molecular complexity index is 444. The zero-order valence-corrected chi connectivity index (χ0v) is 11.6. The zero-order valence-electron chi connectivity index (χ0n) is 11.6. The van der Waals surface area contributed by atoms with Crippen LogP contribution >= 0.6 is 0 Å². The molecule has 104 valence electrons. The first-order valence-corrected chi connectivity index (χ1v) is 7.61. The van der Waals surface area contributed by atoms with Gasteiger partial charge >= 0.3 is 0 Å². The fourth-order valence-electron chi connectivity index (χ4n) is 5.04. The highest BCUT2D eigenvalue weighted by Crippen LogP contribution is 2.56. The van der Waals surface area contributed by atoms with E-state index in [1.165, 1.54) is 38.5 Å². The Labute approximate surface area is 114 Å². The van der Waals surface area contributed by atoms with E-state index in [1.807, 2.05) is 6.92 Å². The van der Waals surface area contributed by atoms with Crippen molar-refractivity contribution in [2.24, 2.45) is 23.5 Å². The Morgan fingerprint density at radius 3 is 2.32 bits per heavy atom. The number of nitrogens with two attached hydrogens (primary N) is 1. The van der Waals surface area contributed by atoms with E-state index in [4.69, 9.17) is 10.2 Å². The average molecular weight is 261 g/mol. The maximum atomic E-state index is 5.84. The molecule has 1 aromatic heterocycles. The van der Waals surface area contributed by atoms with Crippen LogP contribution in [-0.4, -0.2) is 10.5 Å². The first-order valence-electron chi connectivity index (χ1n) is 7.61. The molecule has 4 saturated carbocycles. The third-order valence-corrected chi connectivity index (χ3v) is 5.40. The fourth-order valence-corrected chi connectivity index (χ4v) is 5.04. The van der Waals surface area contributed by atoms with E-state index >= 15 is 0 Å². The molecule has 1 heterocycles. The van der Waals surface area contributed by atoms with Gasteiger partial charge in [0.15, 0.2) is 0 Å². The Morgan fingerprint density at radius 1 is 1.26 bits per heavy atom. The van der Waals surface area contributed by atoms with Crippen LogP contribution in [0.1, 0.15) is 57.2 Å². The summed E-state index contributed by atoms with van der Waals surface area (Å²) in [5, 5.41) is 3.63. The van der Waals surface area contributed by atoms with Gasteiger partial charge in [0.1, 0.15) is 6.26 Å². The summed E-state index contributed by atoms with van der Waals surface area (Å²) in [5.74, 6) is 2.80. The van der Waals surface area contributed by atoms with Crippen LogP contribution in [0.3, 0.4) is 0 Å². The van der Waals surface area contributed by atoms with Gasteiger partial charge in [0.2, 0.25) is 0 Å². The van der Waals surface area contributed by atoms with Gasteiger partial charge < -0.3 is 15.5 Å². The minimum absolute atomic E-state index is 0.0596. The van der Waals surface area contributed by atoms with Gasteiger partial charge in [-0.25, -0.2) is 0 Å². The summed E-state index contributed by atoms with van der Waals surface area (Å²) in [6, 6.07) is 0.616. The number of nitrogens with one attached hydrogen (secondary N) is 1. The van der Waals surface area contributed by atoms with E-state index in [9.17, 15) is 0 Å². The smallest absolute Gasteiger partial charge is 0.295 e. The lowest BCUT2D eigenvalue weighted by molar-refractivity contribution is 0.00962. The number of aromatic nitrogens is 1. The third-order valence-electron chi connectivity index (χ3n) is 5.40. The lowest BCUT2D eigenvalue weighted by Crippen LogP contribution is -2.54. The minimum Gasteiger partial charge on any atom is -0.432 e. The molecule has 0 aromatic carbocycles. The molecule has 0 saturated heterocycles. The van der Waals surface area contributed by atoms with Crippen LogP contribution in [-0.2, 0) is 0 Å². The van der Waals surface area contributed by atoms with Crippen molar-refractivity contribution >= 4 is 6.01 Å². The third kappa shape index (κ3) is 1.97. The Morgan fingerprint density at radius 2 is 1.84 bits per heavy atom. The standard InChI is InChI=1S/C15H23N3O/c1-9(16)13-8-19-14(17-13)18-15-5-10-2-11(6-15)4-12(3-10)7-15/h8-12H,2-7,16H2,1H3,(H,17,18). The van der Waals surface area contributed by atoms with E-state index in [1.54, 1.807) is 6.26 Å². The molecule has 3 N–H and O–H groups in total. The van der Waals surface area contributed by atoms with Crippen LogP contribution in [0.25, 0.3) is 0 Å². The van der Waals surface area contributed by atoms with Gasteiger partial charge in [0.05, 0.1) is 5.69 Å². The quantitative estimate of drug-likeness (QED) is 0.877. The monoisotopic (exact) mass is 261 g/mol. The highest BCUT2D eigenvalue weighted by atomic mass is 16.4. The zero-order chi connectivity index (χ0) is 13.0. The van der Waals surface area contributed by atoms with Gasteiger partial charge in [-0.3, -0.25) is 0 Å². The van der Waals surface area contributed by atoms with E-state index in [-0.39, 0.29) is 11.6 Å². The summed E-state index contributed by atoms with van der Waals surface area (Å²) >= 11 is 0. The number of oxazole rings is 1. The van der Waals surface area contributed by atoms with Crippen molar-refractivity contribution in [1.82, 2.24) is 4.98 Å². The van der Waals surface area contributed by atoms with Gasteiger partial charge in [-0.2, -0.15) is 4.98 Å². The molecule has 4 nitrogen and oxygen atoms in total. The molecule has 4 aliphatic rings. The highest BCUT2D eigenvalue weighted by Gasteiger charge is 2.51.